The van der Waals surface area contributed by atoms with Gasteiger partial charge in [-0.1, -0.05) is 45.0 Å². The molecule has 0 fully saturated rings. The summed E-state index contributed by atoms with van der Waals surface area (Å²) in [6, 6.07) is 11.6. The largest absolute Gasteiger partial charge is 0.309 e. The number of nitrogens with one attached hydrogen (secondary N) is 1. The lowest BCUT2D eigenvalue weighted by Crippen LogP contribution is -2.18. The number of benzene rings is 1. The van der Waals surface area contributed by atoms with Gasteiger partial charge in [-0.05, 0) is 49.1 Å². The number of hydrogen-bond acceptors (Lipinski definition) is 2. The summed E-state index contributed by atoms with van der Waals surface area (Å²) in [7, 11) is 2.04. The third-order valence-corrected chi connectivity index (χ3v) is 4.96. The van der Waals surface area contributed by atoms with Crippen LogP contribution in [0.15, 0.2) is 30.3 Å². The topological polar surface area (TPSA) is 12.0 Å². The molecule has 0 radical (unpaired) electrons. The molecule has 0 amide bonds. The molecule has 1 N–H and O–H groups in total. The lowest BCUT2D eigenvalue weighted by Gasteiger charge is -2.21. The standard InChI is InChI=1S/C18H25NS/c1-12-11-13(2)20-17(12)16(19-6)14-7-9-15(10-8-14)18(3,4)5/h7-11,16,19H,1-6H3. The van der Waals surface area contributed by atoms with Crippen LogP contribution in [-0.2, 0) is 5.41 Å². The first-order chi connectivity index (χ1) is 9.32. The highest BCUT2D eigenvalue weighted by atomic mass is 32.1. The van der Waals surface area contributed by atoms with Crippen LogP contribution in [0.1, 0.15) is 53.3 Å². The van der Waals surface area contributed by atoms with Gasteiger partial charge in [0.25, 0.3) is 0 Å². The summed E-state index contributed by atoms with van der Waals surface area (Å²) in [5.41, 5.74) is 4.32. The Balaban J connectivity index is 2.35. The monoisotopic (exact) mass is 287 g/mol. The van der Waals surface area contributed by atoms with Crippen LogP contribution in [0.25, 0.3) is 0 Å². The zero-order valence-corrected chi connectivity index (χ0v) is 14.2. The molecule has 1 nitrogen and oxygen atoms in total. The van der Waals surface area contributed by atoms with Crippen LogP contribution in [-0.4, -0.2) is 7.05 Å². The van der Waals surface area contributed by atoms with Gasteiger partial charge in [-0.15, -0.1) is 11.3 Å². The van der Waals surface area contributed by atoms with E-state index in [4.69, 9.17) is 0 Å². The second-order valence-corrected chi connectivity index (χ2v) is 7.79. The van der Waals surface area contributed by atoms with Crippen molar-refractivity contribution < 1.29 is 0 Å². The summed E-state index contributed by atoms with van der Waals surface area (Å²) >= 11 is 1.89. The maximum Gasteiger partial charge on any atom is 0.0671 e. The van der Waals surface area contributed by atoms with Gasteiger partial charge in [0.2, 0.25) is 0 Å². The Morgan fingerprint density at radius 1 is 1.05 bits per heavy atom. The Hall–Kier alpha value is -1.12. The Bertz CT molecular complexity index is 572. The molecule has 0 aliphatic carbocycles. The predicted octanol–water partition coefficient (Wildman–Crippen LogP) is 4.97. The molecule has 1 heterocycles. The van der Waals surface area contributed by atoms with E-state index < -0.39 is 0 Å². The molecule has 0 spiro atoms. The Morgan fingerprint density at radius 2 is 1.65 bits per heavy atom. The average molecular weight is 287 g/mol. The molecule has 2 heteroatoms. The maximum absolute atomic E-state index is 3.46. The van der Waals surface area contributed by atoms with Gasteiger partial charge < -0.3 is 5.32 Å². The fourth-order valence-corrected chi connectivity index (χ4v) is 3.75. The Labute approximate surface area is 127 Å². The molecule has 1 aromatic carbocycles. The minimum Gasteiger partial charge on any atom is -0.309 e. The van der Waals surface area contributed by atoms with Crippen LogP contribution in [0.2, 0.25) is 0 Å². The first kappa shape index (κ1) is 15.3. The van der Waals surface area contributed by atoms with Crippen molar-refractivity contribution in [3.8, 4) is 0 Å². The van der Waals surface area contributed by atoms with Gasteiger partial charge in [-0.3, -0.25) is 0 Å². The number of aryl methyl sites for hydroxylation is 2. The molecule has 2 rings (SSSR count). The molecule has 2 aromatic rings. The van der Waals surface area contributed by atoms with Crippen molar-refractivity contribution in [3.05, 3.63) is 56.8 Å². The quantitative estimate of drug-likeness (QED) is 0.840. The summed E-state index contributed by atoms with van der Waals surface area (Å²) in [6.45, 7) is 11.1. The Kier molecular flexibility index (Phi) is 4.36. The molecule has 0 aliphatic rings. The third-order valence-electron chi connectivity index (χ3n) is 3.74. The average Bonchev–Trinajstić information content (AvgIpc) is 2.69. The first-order valence-electron chi connectivity index (χ1n) is 7.17. The van der Waals surface area contributed by atoms with Crippen molar-refractivity contribution in [2.75, 3.05) is 7.05 Å². The molecule has 0 saturated carbocycles. The van der Waals surface area contributed by atoms with E-state index in [1.54, 1.807) is 0 Å². The van der Waals surface area contributed by atoms with E-state index in [0.29, 0.717) is 6.04 Å². The van der Waals surface area contributed by atoms with Gasteiger partial charge in [-0.25, -0.2) is 0 Å². The number of thiophene rings is 1. The van der Waals surface area contributed by atoms with Gasteiger partial charge in [0, 0.05) is 9.75 Å². The molecule has 1 aromatic heterocycles. The maximum atomic E-state index is 3.46. The minimum atomic E-state index is 0.211. The number of hydrogen-bond donors (Lipinski definition) is 1. The molecule has 0 saturated heterocycles. The first-order valence-corrected chi connectivity index (χ1v) is 7.99. The second kappa shape index (κ2) is 5.71. The van der Waals surface area contributed by atoms with Crippen LogP contribution in [0.3, 0.4) is 0 Å². The van der Waals surface area contributed by atoms with E-state index in [-0.39, 0.29) is 5.41 Å². The zero-order valence-electron chi connectivity index (χ0n) is 13.4. The highest BCUT2D eigenvalue weighted by Gasteiger charge is 2.18. The van der Waals surface area contributed by atoms with Crippen molar-refractivity contribution in [1.82, 2.24) is 5.32 Å². The van der Waals surface area contributed by atoms with Gasteiger partial charge in [0.05, 0.1) is 6.04 Å². The van der Waals surface area contributed by atoms with E-state index in [1.165, 1.54) is 26.4 Å². The van der Waals surface area contributed by atoms with Crippen molar-refractivity contribution >= 4 is 11.3 Å². The van der Waals surface area contributed by atoms with E-state index in [1.807, 2.05) is 18.4 Å². The predicted molar refractivity (Wildman–Crippen MR) is 89.8 cm³/mol. The highest BCUT2D eigenvalue weighted by Crippen LogP contribution is 2.32. The fourth-order valence-electron chi connectivity index (χ4n) is 2.57. The van der Waals surface area contributed by atoms with Crippen LogP contribution >= 0.6 is 11.3 Å². The highest BCUT2D eigenvalue weighted by molar-refractivity contribution is 7.12. The molecule has 1 unspecified atom stereocenters. The van der Waals surface area contributed by atoms with E-state index in [9.17, 15) is 0 Å². The van der Waals surface area contributed by atoms with Gasteiger partial charge in [-0.2, -0.15) is 0 Å². The number of rotatable bonds is 3. The normalized spacial score (nSPS) is 13.5. The summed E-state index contributed by atoms with van der Waals surface area (Å²) < 4.78 is 0. The Morgan fingerprint density at radius 3 is 2.05 bits per heavy atom. The van der Waals surface area contributed by atoms with Crippen LogP contribution in [0.4, 0.5) is 0 Å². The summed E-state index contributed by atoms with van der Waals surface area (Å²) in [4.78, 5) is 2.80. The summed E-state index contributed by atoms with van der Waals surface area (Å²) in [6.07, 6.45) is 0. The lowest BCUT2D eigenvalue weighted by atomic mass is 9.86. The summed E-state index contributed by atoms with van der Waals surface area (Å²) in [5, 5.41) is 3.46. The molecule has 0 aliphatic heterocycles. The van der Waals surface area contributed by atoms with Gasteiger partial charge >= 0.3 is 0 Å². The molecular formula is C18H25NS. The van der Waals surface area contributed by atoms with Crippen LogP contribution in [0.5, 0.6) is 0 Å². The molecule has 20 heavy (non-hydrogen) atoms. The van der Waals surface area contributed by atoms with E-state index in [2.05, 4.69) is 70.3 Å². The fraction of sp³-hybridized carbons (Fsp3) is 0.444. The van der Waals surface area contributed by atoms with Crippen molar-refractivity contribution in [1.29, 1.82) is 0 Å². The minimum absolute atomic E-state index is 0.211. The van der Waals surface area contributed by atoms with Crippen molar-refractivity contribution in [3.63, 3.8) is 0 Å². The zero-order chi connectivity index (χ0) is 14.9. The van der Waals surface area contributed by atoms with Gasteiger partial charge in [0.15, 0.2) is 0 Å². The van der Waals surface area contributed by atoms with Crippen LogP contribution in [0, 0.1) is 13.8 Å². The third kappa shape index (κ3) is 3.13. The van der Waals surface area contributed by atoms with E-state index in [0.717, 1.165) is 0 Å². The van der Waals surface area contributed by atoms with Crippen molar-refractivity contribution in [2.24, 2.45) is 0 Å². The molecule has 108 valence electrons. The summed E-state index contributed by atoms with van der Waals surface area (Å²) in [5.74, 6) is 0. The smallest absolute Gasteiger partial charge is 0.0671 e. The lowest BCUT2D eigenvalue weighted by molar-refractivity contribution is 0.589. The molecular weight excluding hydrogens is 262 g/mol. The van der Waals surface area contributed by atoms with E-state index >= 15 is 0 Å². The second-order valence-electron chi connectivity index (χ2n) is 6.50. The van der Waals surface area contributed by atoms with Crippen molar-refractivity contribution in [2.45, 2.75) is 46.1 Å². The molecule has 1 atom stereocenters. The SMILES string of the molecule is CNC(c1ccc(C(C)(C)C)cc1)c1sc(C)cc1C. The van der Waals surface area contributed by atoms with Gasteiger partial charge in [0.1, 0.15) is 0 Å². The molecule has 0 bridgehead atoms. The van der Waals surface area contributed by atoms with Crippen LogP contribution < -0.4 is 5.32 Å².